The number of hydrogen-bond donors (Lipinski definition) is 0. The molecule has 1 aromatic heterocycles. The van der Waals surface area contributed by atoms with E-state index in [9.17, 15) is 13.6 Å². The largest absolute Gasteiger partial charge is 0.435 e. The highest BCUT2D eigenvalue weighted by Crippen LogP contribution is 2.24. The van der Waals surface area contributed by atoms with E-state index < -0.39 is 6.61 Å². The van der Waals surface area contributed by atoms with E-state index in [0.29, 0.717) is 18.1 Å². The number of benzene rings is 1. The molecule has 3 rings (SSSR count). The van der Waals surface area contributed by atoms with E-state index in [4.69, 9.17) is 16.6 Å². The average molecular weight is 441 g/mol. The number of alkyl halides is 2. The topological polar surface area (TPSA) is 63.7 Å². The Kier molecular flexibility index (Phi) is 7.19. The van der Waals surface area contributed by atoms with Crippen molar-refractivity contribution in [3.63, 3.8) is 0 Å². The monoisotopic (exact) mass is 440 g/mol. The minimum Gasteiger partial charge on any atom is -0.435 e. The summed E-state index contributed by atoms with van der Waals surface area (Å²) in [4.78, 5) is 16.7. The SMILES string of the molecule is CC(C)N(C)C(=O)C1CCN(Cn2nc(-c3ccc(OC(F)F)cc3)oc2=S)CC1. The van der Waals surface area contributed by atoms with Crippen LogP contribution in [0.4, 0.5) is 8.78 Å². The Morgan fingerprint density at radius 3 is 2.50 bits per heavy atom. The molecule has 30 heavy (non-hydrogen) atoms. The molecule has 1 amide bonds. The van der Waals surface area contributed by atoms with Gasteiger partial charge >= 0.3 is 6.61 Å². The normalized spacial score (nSPS) is 15.7. The van der Waals surface area contributed by atoms with Crippen molar-refractivity contribution in [1.29, 1.82) is 0 Å². The fourth-order valence-electron chi connectivity index (χ4n) is 3.34. The molecule has 164 valence electrons. The van der Waals surface area contributed by atoms with Crippen LogP contribution in [0.15, 0.2) is 28.7 Å². The van der Waals surface area contributed by atoms with Crippen molar-refractivity contribution in [1.82, 2.24) is 19.6 Å². The van der Waals surface area contributed by atoms with Crippen molar-refractivity contribution in [3.05, 3.63) is 29.1 Å². The van der Waals surface area contributed by atoms with Crippen LogP contribution in [0.2, 0.25) is 0 Å². The lowest BCUT2D eigenvalue weighted by molar-refractivity contribution is -0.137. The van der Waals surface area contributed by atoms with Crippen molar-refractivity contribution >= 4 is 18.1 Å². The summed E-state index contributed by atoms with van der Waals surface area (Å²) in [5, 5.41) is 4.41. The molecule has 1 saturated heterocycles. The molecule has 1 aliphatic rings. The van der Waals surface area contributed by atoms with Gasteiger partial charge in [0.15, 0.2) is 0 Å². The molecule has 1 fully saturated rings. The van der Waals surface area contributed by atoms with Gasteiger partial charge in [0.05, 0.1) is 6.67 Å². The van der Waals surface area contributed by atoms with E-state index in [1.165, 1.54) is 12.1 Å². The first-order valence-corrected chi connectivity index (χ1v) is 10.3. The molecule has 0 radical (unpaired) electrons. The van der Waals surface area contributed by atoms with Gasteiger partial charge in [0.25, 0.3) is 4.84 Å². The second kappa shape index (κ2) is 9.65. The van der Waals surface area contributed by atoms with Gasteiger partial charge in [-0.05, 0) is 63.2 Å². The van der Waals surface area contributed by atoms with Crippen LogP contribution in [0.1, 0.15) is 26.7 Å². The Morgan fingerprint density at radius 1 is 1.30 bits per heavy atom. The van der Waals surface area contributed by atoms with Gasteiger partial charge in [-0.3, -0.25) is 9.69 Å². The molecule has 1 aromatic carbocycles. The molecule has 10 heteroatoms. The predicted octanol–water partition coefficient (Wildman–Crippen LogP) is 4.01. The van der Waals surface area contributed by atoms with Gasteiger partial charge in [-0.25, -0.2) is 4.68 Å². The summed E-state index contributed by atoms with van der Waals surface area (Å²) in [6, 6.07) is 6.22. The van der Waals surface area contributed by atoms with Crippen LogP contribution in [0.3, 0.4) is 0 Å². The predicted molar refractivity (Wildman–Crippen MR) is 110 cm³/mol. The lowest BCUT2D eigenvalue weighted by Crippen LogP contribution is -2.43. The summed E-state index contributed by atoms with van der Waals surface area (Å²) in [5.41, 5.74) is 0.613. The molecule has 2 heterocycles. The second-order valence-corrected chi connectivity index (χ2v) is 8.00. The maximum absolute atomic E-state index is 12.5. The molecule has 2 aromatic rings. The molecule has 0 atom stereocenters. The van der Waals surface area contributed by atoms with E-state index in [1.54, 1.807) is 21.7 Å². The zero-order chi connectivity index (χ0) is 21.8. The molecule has 0 aliphatic carbocycles. The Morgan fingerprint density at radius 2 is 1.93 bits per heavy atom. The van der Waals surface area contributed by atoms with Crippen LogP contribution < -0.4 is 4.74 Å². The zero-order valence-electron chi connectivity index (χ0n) is 17.3. The van der Waals surface area contributed by atoms with Crippen LogP contribution in [0.25, 0.3) is 11.5 Å². The minimum absolute atomic E-state index is 0.0449. The number of likely N-dealkylation sites (tertiary alicyclic amines) is 1. The molecule has 0 saturated carbocycles. The third kappa shape index (κ3) is 5.42. The highest BCUT2D eigenvalue weighted by molar-refractivity contribution is 7.71. The Bertz CT molecular complexity index is 906. The number of piperidine rings is 1. The molecule has 7 nitrogen and oxygen atoms in total. The summed E-state index contributed by atoms with van der Waals surface area (Å²) >= 11 is 5.27. The first-order chi connectivity index (χ1) is 14.2. The highest BCUT2D eigenvalue weighted by atomic mass is 32.1. The van der Waals surface area contributed by atoms with Crippen LogP contribution in [-0.2, 0) is 11.5 Å². The number of nitrogens with zero attached hydrogens (tertiary/aromatic N) is 4. The first kappa shape index (κ1) is 22.4. The quantitative estimate of drug-likeness (QED) is 0.607. The number of amides is 1. The van der Waals surface area contributed by atoms with Gasteiger partial charge in [0, 0.05) is 37.7 Å². The molecular formula is C20H26F2N4O3S. The molecule has 0 unspecified atom stereocenters. The maximum Gasteiger partial charge on any atom is 0.387 e. The molecular weight excluding hydrogens is 414 g/mol. The highest BCUT2D eigenvalue weighted by Gasteiger charge is 2.28. The third-order valence-corrected chi connectivity index (χ3v) is 5.62. The van der Waals surface area contributed by atoms with Crippen molar-refractivity contribution in [2.75, 3.05) is 20.1 Å². The van der Waals surface area contributed by atoms with E-state index in [2.05, 4.69) is 14.7 Å². The smallest absolute Gasteiger partial charge is 0.387 e. The maximum atomic E-state index is 12.5. The Hall–Kier alpha value is -2.33. The van der Waals surface area contributed by atoms with Crippen LogP contribution in [-0.4, -0.2) is 58.3 Å². The first-order valence-electron chi connectivity index (χ1n) is 9.87. The van der Waals surface area contributed by atoms with E-state index >= 15 is 0 Å². The summed E-state index contributed by atoms with van der Waals surface area (Å²) in [5.74, 6) is 0.618. The van der Waals surface area contributed by atoms with Gasteiger partial charge in [-0.15, -0.1) is 5.10 Å². The van der Waals surface area contributed by atoms with Gasteiger partial charge in [-0.1, -0.05) is 0 Å². The molecule has 0 N–H and O–H groups in total. The van der Waals surface area contributed by atoms with Crippen LogP contribution in [0, 0.1) is 10.8 Å². The number of carbonyl (C=O) groups is 1. The minimum atomic E-state index is -2.87. The number of aromatic nitrogens is 2. The third-order valence-electron chi connectivity index (χ3n) is 5.33. The van der Waals surface area contributed by atoms with E-state index in [0.717, 1.165) is 25.9 Å². The fraction of sp³-hybridized carbons (Fsp3) is 0.550. The van der Waals surface area contributed by atoms with E-state index in [1.807, 2.05) is 20.9 Å². The van der Waals surface area contributed by atoms with Gasteiger partial charge in [-0.2, -0.15) is 8.78 Å². The number of carbonyl (C=O) groups excluding carboxylic acids is 1. The number of hydrogen-bond acceptors (Lipinski definition) is 6. The van der Waals surface area contributed by atoms with Gasteiger partial charge < -0.3 is 14.1 Å². The average Bonchev–Trinajstić information content (AvgIpc) is 3.07. The van der Waals surface area contributed by atoms with Crippen LogP contribution in [0.5, 0.6) is 5.75 Å². The van der Waals surface area contributed by atoms with Gasteiger partial charge in [0.1, 0.15) is 5.75 Å². The number of rotatable bonds is 7. The summed E-state index contributed by atoms with van der Waals surface area (Å²) in [7, 11) is 1.85. The lowest BCUT2D eigenvalue weighted by Gasteiger charge is -2.33. The van der Waals surface area contributed by atoms with Gasteiger partial charge in [0.2, 0.25) is 11.8 Å². The van der Waals surface area contributed by atoms with Crippen LogP contribution >= 0.6 is 12.2 Å². The van der Waals surface area contributed by atoms with E-state index in [-0.39, 0.29) is 28.5 Å². The second-order valence-electron chi connectivity index (χ2n) is 7.65. The van der Waals surface area contributed by atoms with Crippen molar-refractivity contribution in [2.24, 2.45) is 5.92 Å². The Balaban J connectivity index is 1.59. The summed E-state index contributed by atoms with van der Waals surface area (Å²) in [6.07, 6.45) is 1.58. The van der Waals surface area contributed by atoms with Crippen molar-refractivity contribution in [3.8, 4) is 17.2 Å². The number of ether oxygens (including phenoxy) is 1. The van der Waals surface area contributed by atoms with Crippen molar-refractivity contribution < 1.29 is 22.7 Å². The number of halogens is 2. The Labute approximate surface area is 179 Å². The zero-order valence-corrected chi connectivity index (χ0v) is 18.1. The summed E-state index contributed by atoms with van der Waals surface area (Å²) < 4.78 is 36.0. The van der Waals surface area contributed by atoms with Crippen molar-refractivity contribution in [2.45, 2.75) is 46.0 Å². The molecule has 0 bridgehead atoms. The standard InChI is InChI=1S/C20H26F2N4O3S/c1-13(2)24(3)18(27)15-8-10-25(11-9-15)12-26-20(30)29-17(23-26)14-4-6-16(7-5-14)28-19(21)22/h4-7,13,15,19H,8-12H2,1-3H3. The fourth-order valence-corrected chi connectivity index (χ4v) is 3.52. The lowest BCUT2D eigenvalue weighted by atomic mass is 9.95. The molecule has 0 spiro atoms. The summed E-state index contributed by atoms with van der Waals surface area (Å²) in [6.45, 7) is 3.16. The molecule has 1 aliphatic heterocycles.